The Labute approximate surface area is 336 Å². The monoisotopic (exact) mass is 765 g/mol. The summed E-state index contributed by atoms with van der Waals surface area (Å²) in [6, 6.07) is 0. The van der Waals surface area contributed by atoms with Crippen LogP contribution in [0, 0.1) is 5.92 Å². The van der Waals surface area contributed by atoms with Gasteiger partial charge in [-0.1, -0.05) is 227 Å². The quantitative estimate of drug-likeness (QED) is 0.0349. The molecule has 0 saturated carbocycles. The summed E-state index contributed by atoms with van der Waals surface area (Å²) >= 11 is 0. The zero-order chi connectivity index (χ0) is 39.6. The van der Waals surface area contributed by atoms with E-state index in [0.717, 1.165) is 70.1 Å². The molecular formula is C48H92O6. The van der Waals surface area contributed by atoms with E-state index in [2.05, 4.69) is 27.7 Å². The van der Waals surface area contributed by atoms with Crippen molar-refractivity contribution in [3.8, 4) is 0 Å². The van der Waals surface area contributed by atoms with Gasteiger partial charge < -0.3 is 14.2 Å². The summed E-state index contributed by atoms with van der Waals surface area (Å²) in [6.45, 7) is 8.92. The fourth-order valence-electron chi connectivity index (χ4n) is 7.16. The van der Waals surface area contributed by atoms with E-state index in [1.54, 1.807) is 0 Å². The predicted molar refractivity (Wildman–Crippen MR) is 229 cm³/mol. The maximum atomic E-state index is 12.7. The lowest BCUT2D eigenvalue weighted by Gasteiger charge is -2.18. The Kier molecular flexibility index (Phi) is 41.3. The van der Waals surface area contributed by atoms with E-state index >= 15 is 0 Å². The van der Waals surface area contributed by atoms with Gasteiger partial charge in [0, 0.05) is 19.3 Å². The van der Waals surface area contributed by atoms with Gasteiger partial charge in [0.1, 0.15) is 13.2 Å². The molecule has 0 heterocycles. The molecule has 54 heavy (non-hydrogen) atoms. The minimum atomic E-state index is -0.758. The van der Waals surface area contributed by atoms with Crippen molar-refractivity contribution in [1.29, 1.82) is 0 Å². The minimum absolute atomic E-state index is 0.0646. The highest BCUT2D eigenvalue weighted by Gasteiger charge is 2.19. The molecule has 0 unspecified atom stereocenters. The molecule has 6 heteroatoms. The van der Waals surface area contributed by atoms with Crippen LogP contribution in [0.25, 0.3) is 0 Å². The number of hydrogen-bond acceptors (Lipinski definition) is 6. The Morgan fingerprint density at radius 1 is 0.352 bits per heavy atom. The van der Waals surface area contributed by atoms with Crippen LogP contribution in [0.4, 0.5) is 0 Å². The summed E-state index contributed by atoms with van der Waals surface area (Å²) in [5.74, 6) is -0.0496. The van der Waals surface area contributed by atoms with Gasteiger partial charge >= 0.3 is 17.9 Å². The van der Waals surface area contributed by atoms with Crippen LogP contribution in [0.15, 0.2) is 0 Å². The molecule has 0 aromatic rings. The number of esters is 3. The summed E-state index contributed by atoms with van der Waals surface area (Å²) in [5.41, 5.74) is 0. The zero-order valence-corrected chi connectivity index (χ0v) is 36.7. The Bertz CT molecular complexity index is 811. The Morgan fingerprint density at radius 3 is 0.907 bits per heavy atom. The number of hydrogen-bond donors (Lipinski definition) is 0. The van der Waals surface area contributed by atoms with Crippen molar-refractivity contribution in [3.63, 3.8) is 0 Å². The van der Waals surface area contributed by atoms with Crippen molar-refractivity contribution in [2.45, 2.75) is 271 Å². The van der Waals surface area contributed by atoms with Crippen LogP contribution >= 0.6 is 0 Å². The average Bonchev–Trinajstić information content (AvgIpc) is 3.15. The minimum Gasteiger partial charge on any atom is -0.462 e. The molecule has 0 aliphatic heterocycles. The van der Waals surface area contributed by atoms with Crippen LogP contribution in [0.3, 0.4) is 0 Å². The van der Waals surface area contributed by atoms with Gasteiger partial charge in [-0.15, -0.1) is 0 Å². The van der Waals surface area contributed by atoms with E-state index in [1.165, 1.54) is 154 Å². The van der Waals surface area contributed by atoms with Crippen LogP contribution in [0.1, 0.15) is 265 Å². The molecule has 0 N–H and O–H groups in total. The number of carbonyl (C=O) groups excluding carboxylic acids is 3. The fourth-order valence-corrected chi connectivity index (χ4v) is 7.16. The Morgan fingerprint density at radius 2 is 0.611 bits per heavy atom. The summed E-state index contributed by atoms with van der Waals surface area (Å²) in [4.78, 5) is 37.5. The van der Waals surface area contributed by atoms with Crippen LogP contribution in [-0.2, 0) is 28.6 Å². The van der Waals surface area contributed by atoms with Gasteiger partial charge in [0.05, 0.1) is 0 Å². The van der Waals surface area contributed by atoms with Crippen molar-refractivity contribution in [3.05, 3.63) is 0 Å². The number of ether oxygens (including phenoxy) is 3. The summed E-state index contributed by atoms with van der Waals surface area (Å²) in [5, 5.41) is 0. The molecule has 0 rings (SSSR count). The van der Waals surface area contributed by atoms with E-state index in [9.17, 15) is 14.4 Å². The molecule has 0 aromatic heterocycles. The van der Waals surface area contributed by atoms with Crippen molar-refractivity contribution in [2.75, 3.05) is 13.2 Å². The highest BCUT2D eigenvalue weighted by Crippen LogP contribution is 2.17. The first-order valence-corrected chi connectivity index (χ1v) is 23.9. The molecule has 0 radical (unpaired) electrons. The second-order valence-electron chi connectivity index (χ2n) is 16.9. The van der Waals surface area contributed by atoms with Gasteiger partial charge in [-0.3, -0.25) is 14.4 Å². The molecule has 0 saturated heterocycles. The zero-order valence-electron chi connectivity index (χ0n) is 36.7. The molecule has 0 amide bonds. The standard InChI is InChI=1S/C48H92O6/c1-5-7-9-11-12-13-14-15-16-17-18-19-20-21-25-28-32-36-40-47(50)53-43-45(42-52-46(49)39-35-30-10-8-6-2)54-48(51)41-37-33-29-26-23-22-24-27-31-34-38-44(3)4/h44-45H,5-43H2,1-4H3/t45-/m1/s1. The topological polar surface area (TPSA) is 78.9 Å². The van der Waals surface area contributed by atoms with Crippen LogP contribution < -0.4 is 0 Å². The van der Waals surface area contributed by atoms with Crippen molar-refractivity contribution in [1.82, 2.24) is 0 Å². The molecule has 0 aromatic carbocycles. The highest BCUT2D eigenvalue weighted by molar-refractivity contribution is 5.71. The molecule has 320 valence electrons. The summed E-state index contributed by atoms with van der Waals surface area (Å²) < 4.78 is 16.6. The predicted octanol–water partition coefficient (Wildman–Crippen LogP) is 15.1. The van der Waals surface area contributed by atoms with E-state index in [1.807, 2.05) is 0 Å². The molecule has 0 fully saturated rings. The van der Waals surface area contributed by atoms with E-state index in [-0.39, 0.29) is 31.1 Å². The Hall–Kier alpha value is -1.59. The van der Waals surface area contributed by atoms with Gasteiger partial charge in [-0.25, -0.2) is 0 Å². The lowest BCUT2D eigenvalue weighted by Crippen LogP contribution is -2.30. The van der Waals surface area contributed by atoms with E-state index in [0.29, 0.717) is 19.3 Å². The van der Waals surface area contributed by atoms with Crippen molar-refractivity contribution < 1.29 is 28.6 Å². The number of unbranched alkanes of at least 4 members (excludes halogenated alkanes) is 30. The molecule has 0 spiro atoms. The molecule has 0 bridgehead atoms. The van der Waals surface area contributed by atoms with Gasteiger partial charge in [0.2, 0.25) is 0 Å². The lowest BCUT2D eigenvalue weighted by molar-refractivity contribution is -0.167. The first kappa shape index (κ1) is 52.4. The van der Waals surface area contributed by atoms with E-state index < -0.39 is 6.10 Å². The smallest absolute Gasteiger partial charge is 0.306 e. The van der Waals surface area contributed by atoms with Crippen LogP contribution in [-0.4, -0.2) is 37.2 Å². The Balaban J connectivity index is 4.12. The maximum absolute atomic E-state index is 12.7. The first-order valence-electron chi connectivity index (χ1n) is 23.9. The van der Waals surface area contributed by atoms with Crippen LogP contribution in [0.2, 0.25) is 0 Å². The van der Waals surface area contributed by atoms with Gasteiger partial charge in [0.15, 0.2) is 6.10 Å². The third kappa shape index (κ3) is 41.6. The molecule has 6 nitrogen and oxygen atoms in total. The highest BCUT2D eigenvalue weighted by atomic mass is 16.6. The maximum Gasteiger partial charge on any atom is 0.306 e. The fraction of sp³-hybridized carbons (Fsp3) is 0.938. The average molecular weight is 765 g/mol. The molecule has 0 aliphatic carbocycles. The normalized spacial score (nSPS) is 11.9. The third-order valence-electron chi connectivity index (χ3n) is 10.8. The van der Waals surface area contributed by atoms with Gasteiger partial charge in [0.25, 0.3) is 0 Å². The van der Waals surface area contributed by atoms with Gasteiger partial charge in [-0.05, 0) is 25.2 Å². The second-order valence-corrected chi connectivity index (χ2v) is 16.9. The van der Waals surface area contributed by atoms with Crippen LogP contribution in [0.5, 0.6) is 0 Å². The molecular weight excluding hydrogens is 673 g/mol. The summed E-state index contributed by atoms with van der Waals surface area (Å²) in [6.07, 6.45) is 42.7. The summed E-state index contributed by atoms with van der Waals surface area (Å²) in [7, 11) is 0. The largest absolute Gasteiger partial charge is 0.462 e. The SMILES string of the molecule is CCCCCCCCCCCCCCCCCCCCC(=O)OC[C@@H](COC(=O)CCCCCCC)OC(=O)CCCCCCCCCCCCC(C)C. The van der Waals surface area contributed by atoms with Crippen molar-refractivity contribution in [2.24, 2.45) is 5.92 Å². The molecule has 0 aliphatic rings. The number of rotatable bonds is 43. The van der Waals surface area contributed by atoms with Gasteiger partial charge in [-0.2, -0.15) is 0 Å². The first-order chi connectivity index (χ1) is 26.4. The number of carbonyl (C=O) groups is 3. The third-order valence-corrected chi connectivity index (χ3v) is 10.8. The lowest BCUT2D eigenvalue weighted by atomic mass is 10.0. The van der Waals surface area contributed by atoms with Crippen molar-refractivity contribution >= 4 is 17.9 Å². The molecule has 1 atom stereocenters. The van der Waals surface area contributed by atoms with E-state index in [4.69, 9.17) is 14.2 Å². The second kappa shape index (κ2) is 42.6.